The molecule has 176 valence electrons. The highest BCUT2D eigenvalue weighted by atomic mass is 32.2. The number of rotatable bonds is 4. The van der Waals surface area contributed by atoms with Crippen molar-refractivity contribution in [3.05, 3.63) is 82.8 Å². The summed E-state index contributed by atoms with van der Waals surface area (Å²) in [6.45, 7) is 0. The molecule has 9 nitrogen and oxygen atoms in total. The Hall–Kier alpha value is -4.45. The van der Waals surface area contributed by atoms with Crippen molar-refractivity contribution in [3.63, 3.8) is 0 Å². The molecule has 0 saturated heterocycles. The fourth-order valence-electron chi connectivity index (χ4n) is 3.60. The van der Waals surface area contributed by atoms with Gasteiger partial charge >= 0.3 is 0 Å². The first-order chi connectivity index (χ1) is 16.6. The summed E-state index contributed by atoms with van der Waals surface area (Å²) in [6, 6.07) is 11.4. The number of nitrogens with one attached hydrogen (secondary N) is 1. The van der Waals surface area contributed by atoms with Crippen molar-refractivity contribution in [2.45, 2.75) is 9.79 Å². The van der Waals surface area contributed by atoms with Gasteiger partial charge in [0, 0.05) is 30.1 Å². The van der Waals surface area contributed by atoms with Crippen LogP contribution in [-0.2, 0) is 16.9 Å². The van der Waals surface area contributed by atoms with Gasteiger partial charge in [-0.15, -0.1) is 0 Å². The molecule has 0 fully saturated rings. The predicted molar refractivity (Wildman–Crippen MR) is 123 cm³/mol. The smallest absolute Gasteiger partial charge is 0.271 e. The largest absolute Gasteiger partial charge is 0.506 e. The van der Waals surface area contributed by atoms with E-state index in [9.17, 15) is 27.1 Å². The van der Waals surface area contributed by atoms with E-state index in [0.29, 0.717) is 17.4 Å². The molecule has 0 radical (unpaired) electrons. The molecule has 12 heteroatoms. The summed E-state index contributed by atoms with van der Waals surface area (Å²) in [5.74, 6) is -1.86. The molecule has 5 rings (SSSR count). The Bertz CT molecular complexity index is 1820. The fourth-order valence-corrected chi connectivity index (χ4v) is 5.05. The number of hydrogen-bond donors (Lipinski definition) is 2. The van der Waals surface area contributed by atoms with Crippen molar-refractivity contribution < 1.29 is 22.3 Å². The number of phenols is 1. The number of aromatic nitrogens is 4. The Morgan fingerprint density at radius 3 is 2.54 bits per heavy atom. The third-order valence-electron chi connectivity index (χ3n) is 5.33. The van der Waals surface area contributed by atoms with E-state index in [1.165, 1.54) is 19.3 Å². The Labute approximate surface area is 196 Å². The molecule has 0 atom stereocenters. The standard InChI is InChI=1S/C23H15F2N5O4S/c1-30-21-13(9-18(22(30)32)35(33,34)17-7-6-14(24)10-15(17)25)11-26-23(29-21)28-19-8-5-12-3-2-4-16(31)20(12)27-19/h2-11,31H,1H3,(H,26,27,28,29). The molecule has 0 saturated carbocycles. The van der Waals surface area contributed by atoms with Crippen molar-refractivity contribution in [1.29, 1.82) is 0 Å². The molecule has 2 N–H and O–H groups in total. The Kier molecular flexibility index (Phi) is 5.17. The van der Waals surface area contributed by atoms with Gasteiger partial charge in [-0.2, -0.15) is 4.98 Å². The Balaban J connectivity index is 1.57. The van der Waals surface area contributed by atoms with E-state index >= 15 is 0 Å². The number of para-hydroxylation sites is 1. The molecular weight excluding hydrogens is 480 g/mol. The van der Waals surface area contributed by atoms with E-state index in [0.717, 1.165) is 28.2 Å². The highest BCUT2D eigenvalue weighted by Crippen LogP contribution is 2.26. The molecule has 3 heterocycles. The lowest BCUT2D eigenvalue weighted by Crippen LogP contribution is -2.25. The molecule has 0 amide bonds. The monoisotopic (exact) mass is 495 g/mol. The van der Waals surface area contributed by atoms with Crippen LogP contribution in [0.4, 0.5) is 20.5 Å². The van der Waals surface area contributed by atoms with Crippen molar-refractivity contribution >= 4 is 43.5 Å². The van der Waals surface area contributed by atoms with Gasteiger partial charge in [0.1, 0.15) is 44.2 Å². The molecule has 0 spiro atoms. The van der Waals surface area contributed by atoms with Crippen LogP contribution in [0.5, 0.6) is 5.75 Å². The highest BCUT2D eigenvalue weighted by Gasteiger charge is 2.27. The maximum absolute atomic E-state index is 14.2. The molecule has 0 aliphatic rings. The number of hydrogen-bond acceptors (Lipinski definition) is 8. The zero-order chi connectivity index (χ0) is 24.9. The second kappa shape index (κ2) is 8.09. The summed E-state index contributed by atoms with van der Waals surface area (Å²) in [5.41, 5.74) is -0.470. The summed E-state index contributed by atoms with van der Waals surface area (Å²) in [4.78, 5) is 24.1. The quantitative estimate of drug-likeness (QED) is 0.363. The van der Waals surface area contributed by atoms with Crippen molar-refractivity contribution in [3.8, 4) is 5.75 Å². The molecule has 5 aromatic rings. The summed E-state index contributed by atoms with van der Waals surface area (Å²) < 4.78 is 54.3. The van der Waals surface area contributed by atoms with Crippen LogP contribution in [0.15, 0.2) is 75.4 Å². The number of benzene rings is 2. The highest BCUT2D eigenvalue weighted by molar-refractivity contribution is 7.91. The van der Waals surface area contributed by atoms with Gasteiger partial charge in [0.25, 0.3) is 5.56 Å². The first-order valence-electron chi connectivity index (χ1n) is 10.1. The number of halogens is 2. The van der Waals surface area contributed by atoms with E-state index in [1.54, 1.807) is 24.3 Å². The molecule has 35 heavy (non-hydrogen) atoms. The number of sulfone groups is 1. The maximum atomic E-state index is 14.2. The Morgan fingerprint density at radius 1 is 0.971 bits per heavy atom. The van der Waals surface area contributed by atoms with Crippen LogP contribution in [0.25, 0.3) is 21.9 Å². The van der Waals surface area contributed by atoms with Gasteiger partial charge in [-0.3, -0.25) is 9.36 Å². The van der Waals surface area contributed by atoms with Crippen LogP contribution in [-0.4, -0.2) is 33.0 Å². The zero-order valence-electron chi connectivity index (χ0n) is 17.9. The van der Waals surface area contributed by atoms with Gasteiger partial charge < -0.3 is 10.4 Å². The zero-order valence-corrected chi connectivity index (χ0v) is 18.7. The van der Waals surface area contributed by atoms with Gasteiger partial charge in [-0.05, 0) is 36.4 Å². The van der Waals surface area contributed by atoms with Crippen LogP contribution in [0.3, 0.4) is 0 Å². The summed E-state index contributed by atoms with van der Waals surface area (Å²) in [5, 5.41) is 13.8. The number of phenolic OH excluding ortho intramolecular Hbond substituents is 1. The SMILES string of the molecule is Cn1c(=O)c(S(=O)(=O)c2ccc(F)cc2F)cc2cnc(Nc3ccc4cccc(O)c4n3)nc21. The van der Waals surface area contributed by atoms with Crippen molar-refractivity contribution in [1.82, 2.24) is 19.5 Å². The second-order valence-corrected chi connectivity index (χ2v) is 9.48. The fraction of sp³-hybridized carbons (Fsp3) is 0.0435. The third kappa shape index (κ3) is 3.83. The van der Waals surface area contributed by atoms with E-state index < -0.39 is 36.8 Å². The van der Waals surface area contributed by atoms with Gasteiger partial charge in [0.15, 0.2) is 0 Å². The normalized spacial score (nSPS) is 11.7. The number of aromatic hydroxyl groups is 1. The first kappa shape index (κ1) is 22.3. The first-order valence-corrected chi connectivity index (χ1v) is 11.6. The Morgan fingerprint density at radius 2 is 1.77 bits per heavy atom. The number of anilines is 2. The molecule has 0 unspecified atom stereocenters. The predicted octanol–water partition coefficient (Wildman–Crippen LogP) is 3.44. The topological polar surface area (TPSA) is 127 Å². The maximum Gasteiger partial charge on any atom is 0.271 e. The van der Waals surface area contributed by atoms with E-state index in [4.69, 9.17) is 0 Å². The van der Waals surface area contributed by atoms with E-state index in [2.05, 4.69) is 20.3 Å². The minimum absolute atomic E-state index is 0.000642. The molecule has 2 aromatic carbocycles. The lowest BCUT2D eigenvalue weighted by Gasteiger charge is -2.11. The van der Waals surface area contributed by atoms with Crippen LogP contribution >= 0.6 is 0 Å². The van der Waals surface area contributed by atoms with Gasteiger partial charge in [0.05, 0.1) is 0 Å². The van der Waals surface area contributed by atoms with Gasteiger partial charge in [-0.1, -0.05) is 12.1 Å². The van der Waals surface area contributed by atoms with Crippen molar-refractivity contribution in [2.75, 3.05) is 5.32 Å². The minimum Gasteiger partial charge on any atom is -0.506 e. The number of pyridine rings is 2. The van der Waals surface area contributed by atoms with Crippen LogP contribution in [0.2, 0.25) is 0 Å². The molecule has 0 aliphatic carbocycles. The van der Waals surface area contributed by atoms with E-state index in [-0.39, 0.29) is 22.7 Å². The molecule has 3 aromatic heterocycles. The number of nitrogens with zero attached hydrogens (tertiary/aromatic N) is 4. The summed E-state index contributed by atoms with van der Waals surface area (Å²) >= 11 is 0. The van der Waals surface area contributed by atoms with Crippen LogP contribution in [0, 0.1) is 11.6 Å². The average molecular weight is 495 g/mol. The summed E-state index contributed by atoms with van der Waals surface area (Å²) in [7, 11) is -3.28. The number of fused-ring (bicyclic) bond motifs is 2. The van der Waals surface area contributed by atoms with Crippen molar-refractivity contribution in [2.24, 2.45) is 7.05 Å². The summed E-state index contributed by atoms with van der Waals surface area (Å²) in [6.07, 6.45) is 1.29. The van der Waals surface area contributed by atoms with Crippen LogP contribution in [0.1, 0.15) is 0 Å². The van der Waals surface area contributed by atoms with Crippen LogP contribution < -0.4 is 10.9 Å². The lowest BCUT2D eigenvalue weighted by molar-refractivity contribution is 0.480. The molecule has 0 bridgehead atoms. The lowest BCUT2D eigenvalue weighted by atomic mass is 10.2. The minimum atomic E-state index is -4.59. The van der Waals surface area contributed by atoms with Gasteiger partial charge in [-0.25, -0.2) is 27.2 Å². The second-order valence-electron chi connectivity index (χ2n) is 7.59. The third-order valence-corrected chi connectivity index (χ3v) is 7.11. The molecule has 0 aliphatic heterocycles. The van der Waals surface area contributed by atoms with E-state index in [1.807, 2.05) is 0 Å². The van der Waals surface area contributed by atoms with Gasteiger partial charge in [0.2, 0.25) is 15.8 Å². The number of aryl methyl sites for hydroxylation is 1. The molecular formula is C23H15F2N5O4S. The average Bonchev–Trinajstić information content (AvgIpc) is 2.82.